The van der Waals surface area contributed by atoms with Crippen LogP contribution in [-0.2, 0) is 5.41 Å². The van der Waals surface area contributed by atoms with Gasteiger partial charge in [-0.15, -0.1) is 0 Å². The van der Waals surface area contributed by atoms with Crippen molar-refractivity contribution in [3.63, 3.8) is 0 Å². The molecule has 0 saturated heterocycles. The molecule has 1 aromatic rings. The summed E-state index contributed by atoms with van der Waals surface area (Å²) in [5.74, 6) is 1.79. The van der Waals surface area contributed by atoms with E-state index in [4.69, 9.17) is 9.47 Å². The van der Waals surface area contributed by atoms with E-state index in [1.165, 1.54) is 50.5 Å². The molecule has 0 aliphatic carbocycles. The Morgan fingerprint density at radius 1 is 0.905 bits per heavy atom. The first-order valence-corrected chi connectivity index (χ1v) is 8.27. The van der Waals surface area contributed by atoms with Crippen molar-refractivity contribution >= 4 is 0 Å². The van der Waals surface area contributed by atoms with Crippen molar-refractivity contribution in [2.45, 2.75) is 71.1 Å². The fourth-order valence-corrected chi connectivity index (χ4v) is 2.84. The molecule has 0 N–H and O–H groups in total. The van der Waals surface area contributed by atoms with Crippen molar-refractivity contribution in [3.8, 4) is 11.5 Å². The lowest BCUT2D eigenvalue weighted by atomic mass is 9.79. The van der Waals surface area contributed by atoms with Gasteiger partial charge in [0, 0.05) is 11.6 Å². The van der Waals surface area contributed by atoms with Gasteiger partial charge in [-0.1, -0.05) is 65.4 Å². The third kappa shape index (κ3) is 5.61. The van der Waals surface area contributed by atoms with Gasteiger partial charge in [-0.25, -0.2) is 0 Å². The number of methoxy groups -OCH3 is 2. The molecule has 0 heterocycles. The van der Waals surface area contributed by atoms with Crippen LogP contribution in [0.15, 0.2) is 18.2 Å². The van der Waals surface area contributed by atoms with Gasteiger partial charge in [0.25, 0.3) is 0 Å². The highest BCUT2D eigenvalue weighted by atomic mass is 16.5. The number of benzene rings is 1. The average Bonchev–Trinajstić information content (AvgIpc) is 2.50. The minimum absolute atomic E-state index is 0.141. The molecule has 0 aromatic heterocycles. The molecule has 120 valence electrons. The highest BCUT2D eigenvalue weighted by molar-refractivity contribution is 5.44. The Morgan fingerprint density at radius 2 is 1.57 bits per heavy atom. The van der Waals surface area contributed by atoms with Crippen LogP contribution < -0.4 is 9.47 Å². The summed E-state index contributed by atoms with van der Waals surface area (Å²) in [5, 5.41) is 0. The summed E-state index contributed by atoms with van der Waals surface area (Å²) in [6.07, 6.45) is 9.24. The second-order valence-electron chi connectivity index (χ2n) is 6.47. The van der Waals surface area contributed by atoms with Gasteiger partial charge in [0.05, 0.1) is 14.2 Å². The van der Waals surface area contributed by atoms with Gasteiger partial charge < -0.3 is 9.47 Å². The number of hydrogen-bond acceptors (Lipinski definition) is 2. The maximum Gasteiger partial charge on any atom is 0.126 e. The SMILES string of the molecule is CCCCCCCCC(C)(C)c1ccc(OC)cc1OC. The third-order valence-corrected chi connectivity index (χ3v) is 4.29. The normalized spacial score (nSPS) is 11.5. The van der Waals surface area contributed by atoms with Crippen LogP contribution in [0.2, 0.25) is 0 Å². The van der Waals surface area contributed by atoms with Crippen molar-refractivity contribution in [2.75, 3.05) is 14.2 Å². The lowest BCUT2D eigenvalue weighted by molar-refractivity contribution is 0.369. The Morgan fingerprint density at radius 3 is 2.19 bits per heavy atom. The van der Waals surface area contributed by atoms with E-state index in [0.29, 0.717) is 0 Å². The topological polar surface area (TPSA) is 18.5 Å². The maximum absolute atomic E-state index is 5.55. The molecule has 0 unspecified atom stereocenters. The van der Waals surface area contributed by atoms with Gasteiger partial charge >= 0.3 is 0 Å². The zero-order valence-corrected chi connectivity index (χ0v) is 14.5. The molecule has 0 bridgehead atoms. The summed E-state index contributed by atoms with van der Waals surface area (Å²) in [6, 6.07) is 6.16. The van der Waals surface area contributed by atoms with Crippen LogP contribution in [-0.4, -0.2) is 14.2 Å². The van der Waals surface area contributed by atoms with Crippen LogP contribution >= 0.6 is 0 Å². The monoisotopic (exact) mass is 292 g/mol. The summed E-state index contributed by atoms with van der Waals surface area (Å²) >= 11 is 0. The summed E-state index contributed by atoms with van der Waals surface area (Å²) in [5.41, 5.74) is 1.42. The quantitative estimate of drug-likeness (QED) is 0.512. The fraction of sp³-hybridized carbons (Fsp3) is 0.684. The van der Waals surface area contributed by atoms with Gasteiger partial charge in [-0.3, -0.25) is 0 Å². The minimum Gasteiger partial charge on any atom is -0.497 e. The standard InChI is InChI=1S/C19H32O2/c1-6-7-8-9-10-11-14-19(2,3)17-13-12-16(20-4)15-18(17)21-5/h12-13,15H,6-11,14H2,1-5H3. The molecule has 1 rings (SSSR count). The van der Waals surface area contributed by atoms with E-state index < -0.39 is 0 Å². The van der Waals surface area contributed by atoms with E-state index in [2.05, 4.69) is 26.8 Å². The molecular formula is C19H32O2. The van der Waals surface area contributed by atoms with Crippen LogP contribution in [0.5, 0.6) is 11.5 Å². The number of hydrogen-bond donors (Lipinski definition) is 0. The Bertz CT molecular complexity index is 410. The summed E-state index contributed by atoms with van der Waals surface area (Å²) in [4.78, 5) is 0. The summed E-state index contributed by atoms with van der Waals surface area (Å²) in [6.45, 7) is 6.88. The van der Waals surface area contributed by atoms with Gasteiger partial charge in [0.2, 0.25) is 0 Å². The summed E-state index contributed by atoms with van der Waals surface area (Å²) < 4.78 is 10.8. The molecule has 2 heteroatoms. The molecule has 21 heavy (non-hydrogen) atoms. The smallest absolute Gasteiger partial charge is 0.126 e. The largest absolute Gasteiger partial charge is 0.497 e. The van der Waals surface area contributed by atoms with Gasteiger partial charge in [0.15, 0.2) is 0 Å². The fourth-order valence-electron chi connectivity index (χ4n) is 2.84. The first-order chi connectivity index (χ1) is 10.0. The van der Waals surface area contributed by atoms with E-state index in [1.54, 1.807) is 14.2 Å². The zero-order chi connectivity index (χ0) is 15.7. The van der Waals surface area contributed by atoms with Crippen LogP contribution in [0.25, 0.3) is 0 Å². The Hall–Kier alpha value is -1.18. The van der Waals surface area contributed by atoms with E-state index >= 15 is 0 Å². The number of ether oxygens (including phenoxy) is 2. The first kappa shape index (κ1) is 17.9. The number of unbranched alkanes of at least 4 members (excludes halogenated alkanes) is 5. The van der Waals surface area contributed by atoms with E-state index in [0.717, 1.165) is 11.5 Å². The van der Waals surface area contributed by atoms with Crippen molar-refractivity contribution in [2.24, 2.45) is 0 Å². The molecule has 2 nitrogen and oxygen atoms in total. The van der Waals surface area contributed by atoms with Crippen LogP contribution in [0, 0.1) is 0 Å². The average molecular weight is 292 g/mol. The van der Waals surface area contributed by atoms with Crippen LogP contribution in [0.1, 0.15) is 71.3 Å². The van der Waals surface area contributed by atoms with Gasteiger partial charge in [-0.2, -0.15) is 0 Å². The van der Waals surface area contributed by atoms with Crippen LogP contribution in [0.3, 0.4) is 0 Å². The van der Waals surface area contributed by atoms with E-state index in [9.17, 15) is 0 Å². The van der Waals surface area contributed by atoms with Gasteiger partial charge in [0.1, 0.15) is 11.5 Å². The summed E-state index contributed by atoms with van der Waals surface area (Å²) in [7, 11) is 3.43. The van der Waals surface area contributed by atoms with Crippen molar-refractivity contribution < 1.29 is 9.47 Å². The molecule has 0 atom stereocenters. The number of rotatable bonds is 10. The van der Waals surface area contributed by atoms with Crippen molar-refractivity contribution in [3.05, 3.63) is 23.8 Å². The van der Waals surface area contributed by atoms with E-state index in [-0.39, 0.29) is 5.41 Å². The highest BCUT2D eigenvalue weighted by Gasteiger charge is 2.24. The molecule has 0 saturated carbocycles. The molecule has 0 aliphatic heterocycles. The Balaban J connectivity index is 2.60. The molecule has 0 spiro atoms. The highest BCUT2D eigenvalue weighted by Crippen LogP contribution is 2.37. The van der Waals surface area contributed by atoms with Crippen LogP contribution in [0.4, 0.5) is 0 Å². The lowest BCUT2D eigenvalue weighted by Gasteiger charge is -2.27. The maximum atomic E-state index is 5.55. The predicted molar refractivity (Wildman–Crippen MR) is 90.6 cm³/mol. The van der Waals surface area contributed by atoms with Gasteiger partial charge in [-0.05, 0) is 17.9 Å². The second-order valence-corrected chi connectivity index (χ2v) is 6.47. The Kier molecular flexibility index (Phi) is 7.63. The van der Waals surface area contributed by atoms with E-state index in [1.807, 2.05) is 12.1 Å². The van der Waals surface area contributed by atoms with Crippen molar-refractivity contribution in [1.82, 2.24) is 0 Å². The molecule has 1 aromatic carbocycles. The van der Waals surface area contributed by atoms with Crippen molar-refractivity contribution in [1.29, 1.82) is 0 Å². The molecule has 0 fully saturated rings. The predicted octanol–water partition coefficient (Wildman–Crippen LogP) is 5.73. The minimum atomic E-state index is 0.141. The third-order valence-electron chi connectivity index (χ3n) is 4.29. The first-order valence-electron chi connectivity index (χ1n) is 8.27. The molecule has 0 radical (unpaired) electrons. The molecule has 0 amide bonds. The second kappa shape index (κ2) is 8.96. The molecule has 0 aliphatic rings. The Labute approximate surface area is 130 Å². The lowest BCUT2D eigenvalue weighted by Crippen LogP contribution is -2.18. The zero-order valence-electron chi connectivity index (χ0n) is 14.5. The molecular weight excluding hydrogens is 260 g/mol.